The van der Waals surface area contributed by atoms with Crippen molar-refractivity contribution >= 4 is 39.2 Å². The van der Waals surface area contributed by atoms with Gasteiger partial charge in [0.15, 0.2) is 0 Å². The first-order valence-electron chi connectivity index (χ1n) is 20.5. The minimum atomic E-state index is -2.38. The van der Waals surface area contributed by atoms with E-state index in [-0.39, 0.29) is 0 Å². The monoisotopic (exact) mass is 752 g/mol. The molecular weight excluding hydrogens is 684 g/mol. The van der Waals surface area contributed by atoms with Crippen LogP contribution >= 0.6 is 27.4 Å². The molecule has 0 amide bonds. The first-order chi connectivity index (χ1) is 24.5. The van der Waals surface area contributed by atoms with E-state index in [0.29, 0.717) is 0 Å². The molecule has 5 heteroatoms. The fraction of sp³-hybridized carbons (Fsp3) is 0.600. The van der Waals surface area contributed by atoms with Crippen LogP contribution in [-0.2, 0) is 31.1 Å². The molecule has 278 valence electrons. The van der Waals surface area contributed by atoms with Gasteiger partial charge in [0.1, 0.15) is 5.75 Å². The zero-order valence-electron chi connectivity index (χ0n) is 32.0. The molecule has 0 unspecified atom stereocenters. The minimum Gasteiger partial charge on any atom is -0.447 e. The average Bonchev–Trinajstić information content (AvgIpc) is 3.12. The van der Waals surface area contributed by atoms with Gasteiger partial charge in [-0.25, -0.2) is 0 Å². The van der Waals surface area contributed by atoms with E-state index < -0.39 is 4.67 Å². The number of hydrogen-bond donors (Lipinski definition) is 0. The first kappa shape index (κ1) is 43.2. The summed E-state index contributed by atoms with van der Waals surface area (Å²) in [6, 6.07) is 27.1. The lowest BCUT2D eigenvalue weighted by atomic mass is 10.0. The molecule has 3 aromatic rings. The van der Waals surface area contributed by atoms with Crippen molar-refractivity contribution in [3.63, 3.8) is 0 Å². The van der Waals surface area contributed by atoms with Gasteiger partial charge in [0.25, 0.3) is 0 Å². The van der Waals surface area contributed by atoms with E-state index in [1.165, 1.54) is 161 Å². The van der Waals surface area contributed by atoms with Gasteiger partial charge in [-0.2, -0.15) is 0 Å². The summed E-state index contributed by atoms with van der Waals surface area (Å²) in [6.07, 6.45) is 31.8. The van der Waals surface area contributed by atoms with Crippen molar-refractivity contribution in [3.8, 4) is 5.75 Å². The summed E-state index contributed by atoms with van der Waals surface area (Å²) in [7, 11) is 0. The van der Waals surface area contributed by atoms with Crippen LogP contribution in [0.1, 0.15) is 172 Å². The highest BCUT2D eigenvalue weighted by molar-refractivity contribution is 8.99. The van der Waals surface area contributed by atoms with E-state index in [1.54, 1.807) is 22.8 Å². The van der Waals surface area contributed by atoms with Crippen molar-refractivity contribution < 1.29 is 4.52 Å². The van der Waals surface area contributed by atoms with Crippen LogP contribution in [0, 0.1) is 0 Å². The van der Waals surface area contributed by atoms with Crippen molar-refractivity contribution in [1.82, 2.24) is 0 Å². The Hall–Kier alpha value is -1.19. The maximum absolute atomic E-state index is 6.80. The quantitative estimate of drug-likeness (QED) is 0.0495. The van der Waals surface area contributed by atoms with Crippen molar-refractivity contribution in [3.05, 3.63) is 89.5 Å². The number of hydrogen-bond acceptors (Lipinski definition) is 4. The maximum Gasteiger partial charge on any atom is 0.231 e. The second-order valence-corrected chi connectivity index (χ2v) is 24.5. The Morgan fingerprint density at radius 3 is 1.00 bits per heavy atom. The Morgan fingerprint density at radius 2 is 0.680 bits per heavy atom. The fourth-order valence-corrected chi connectivity index (χ4v) is 14.8. The predicted molar refractivity (Wildman–Crippen MR) is 231 cm³/mol. The standard InChI is InChI=1S/C45H69OPS3/c1-4-7-10-13-16-19-22-25-40-28-34-43(35-29-40)46-47(48,49-44-36-30-41(31-37-44)26-23-20-17-14-11-8-5-2)50-45-38-32-42(33-39-45)27-24-21-18-15-12-9-6-3/h28-39H,4-27H2,1-3H3. The van der Waals surface area contributed by atoms with E-state index in [0.717, 1.165) is 25.0 Å². The summed E-state index contributed by atoms with van der Waals surface area (Å²) in [5.41, 5.74) is 4.25. The van der Waals surface area contributed by atoms with Gasteiger partial charge in [-0.1, -0.05) is 173 Å². The highest BCUT2D eigenvalue weighted by Gasteiger charge is 2.24. The number of benzene rings is 3. The van der Waals surface area contributed by atoms with Gasteiger partial charge in [0.05, 0.1) is 0 Å². The largest absolute Gasteiger partial charge is 0.447 e. The van der Waals surface area contributed by atoms with Crippen LogP contribution in [0.4, 0.5) is 0 Å². The lowest BCUT2D eigenvalue weighted by Gasteiger charge is -2.22. The number of rotatable bonds is 30. The normalized spacial score (nSPS) is 11.7. The molecular formula is C45H69OPS3. The van der Waals surface area contributed by atoms with Crippen LogP contribution in [0.15, 0.2) is 82.6 Å². The van der Waals surface area contributed by atoms with E-state index in [4.69, 9.17) is 16.3 Å². The molecule has 3 aromatic carbocycles. The van der Waals surface area contributed by atoms with Gasteiger partial charge < -0.3 is 4.52 Å². The summed E-state index contributed by atoms with van der Waals surface area (Å²) in [5, 5.41) is 0. The smallest absolute Gasteiger partial charge is 0.231 e. The molecule has 0 aliphatic heterocycles. The van der Waals surface area contributed by atoms with Gasteiger partial charge in [-0.15, -0.1) is 0 Å². The third-order valence-corrected chi connectivity index (χ3v) is 17.4. The van der Waals surface area contributed by atoms with Crippen LogP contribution < -0.4 is 4.52 Å². The molecule has 0 heterocycles. The Balaban J connectivity index is 1.58. The molecule has 0 saturated heterocycles. The van der Waals surface area contributed by atoms with Crippen molar-refractivity contribution in [2.75, 3.05) is 0 Å². The van der Waals surface area contributed by atoms with Crippen LogP contribution in [0.25, 0.3) is 0 Å². The van der Waals surface area contributed by atoms with E-state index >= 15 is 0 Å². The second kappa shape index (κ2) is 27.4. The topological polar surface area (TPSA) is 9.23 Å². The molecule has 1 nitrogen and oxygen atoms in total. The van der Waals surface area contributed by atoms with Crippen molar-refractivity contribution in [2.45, 2.75) is 185 Å². The summed E-state index contributed by atoms with van der Waals surface area (Å²) < 4.78 is 4.41. The Bertz CT molecular complexity index is 1130. The van der Waals surface area contributed by atoms with E-state index in [1.807, 2.05) is 0 Å². The highest BCUT2D eigenvalue weighted by Crippen LogP contribution is 2.73. The zero-order valence-corrected chi connectivity index (χ0v) is 35.3. The minimum absolute atomic E-state index is 0.891. The Morgan fingerprint density at radius 1 is 0.400 bits per heavy atom. The molecule has 0 bridgehead atoms. The molecule has 0 fully saturated rings. The highest BCUT2D eigenvalue weighted by atomic mass is 33.2. The molecule has 0 radical (unpaired) electrons. The third-order valence-electron chi connectivity index (χ3n) is 9.63. The molecule has 0 aliphatic rings. The van der Waals surface area contributed by atoms with Crippen molar-refractivity contribution in [2.24, 2.45) is 0 Å². The first-order valence-corrected chi connectivity index (χ1v) is 26.1. The Kier molecular flexibility index (Phi) is 23.7. The van der Waals surface area contributed by atoms with Gasteiger partial charge in [0.2, 0.25) is 4.67 Å². The molecule has 0 N–H and O–H groups in total. The van der Waals surface area contributed by atoms with Crippen LogP contribution in [0.2, 0.25) is 0 Å². The summed E-state index contributed by atoms with van der Waals surface area (Å²) in [6.45, 7) is 6.86. The third kappa shape index (κ3) is 19.6. The summed E-state index contributed by atoms with van der Waals surface area (Å²) >= 11 is 9.96. The number of unbranched alkanes of at least 4 members (excludes halogenated alkanes) is 18. The van der Waals surface area contributed by atoms with Crippen molar-refractivity contribution in [1.29, 1.82) is 0 Å². The predicted octanol–water partition coefficient (Wildman–Crippen LogP) is 16.8. The van der Waals surface area contributed by atoms with Gasteiger partial charge in [0, 0.05) is 9.79 Å². The Labute approximate surface area is 321 Å². The molecule has 0 aliphatic carbocycles. The molecule has 0 atom stereocenters. The fourth-order valence-electron chi connectivity index (χ4n) is 6.45. The van der Waals surface area contributed by atoms with Crippen LogP contribution in [0.3, 0.4) is 0 Å². The molecule has 0 spiro atoms. The number of aryl methyl sites for hydroxylation is 3. The molecule has 50 heavy (non-hydrogen) atoms. The molecule has 3 rings (SSSR count). The zero-order chi connectivity index (χ0) is 35.5. The van der Waals surface area contributed by atoms with Gasteiger partial charge >= 0.3 is 0 Å². The van der Waals surface area contributed by atoms with E-state index in [9.17, 15) is 0 Å². The second-order valence-electron chi connectivity index (χ2n) is 14.3. The molecule has 0 saturated carbocycles. The van der Waals surface area contributed by atoms with Crippen LogP contribution in [0.5, 0.6) is 5.75 Å². The van der Waals surface area contributed by atoms with E-state index in [2.05, 4.69) is 93.6 Å². The SMILES string of the molecule is CCCCCCCCCc1ccc(OP(=S)(Sc2ccc(CCCCCCCCC)cc2)Sc2ccc(CCCCCCCCC)cc2)cc1. The maximum atomic E-state index is 6.80. The summed E-state index contributed by atoms with van der Waals surface area (Å²) in [5.74, 6) is 0.891. The summed E-state index contributed by atoms with van der Waals surface area (Å²) in [4.78, 5) is 2.41. The van der Waals surface area contributed by atoms with Gasteiger partial charge in [-0.3, -0.25) is 0 Å². The molecule has 0 aromatic heterocycles. The lowest BCUT2D eigenvalue weighted by Crippen LogP contribution is -1.91. The lowest BCUT2D eigenvalue weighted by molar-refractivity contribution is 0.589. The average molecular weight is 753 g/mol. The van der Waals surface area contributed by atoms with Crippen LogP contribution in [-0.4, -0.2) is 0 Å². The van der Waals surface area contributed by atoms with Gasteiger partial charge in [-0.05, 0) is 126 Å².